The van der Waals surface area contributed by atoms with Crippen molar-refractivity contribution in [3.8, 4) is 11.5 Å². The summed E-state index contributed by atoms with van der Waals surface area (Å²) in [7, 11) is 1.61. The van der Waals surface area contributed by atoms with Gasteiger partial charge in [-0.3, -0.25) is 14.6 Å². The average molecular weight is 557 g/mol. The second-order valence-electron chi connectivity index (χ2n) is 9.83. The van der Waals surface area contributed by atoms with Gasteiger partial charge < -0.3 is 14.4 Å². The lowest BCUT2D eigenvalue weighted by molar-refractivity contribution is 0.0744. The summed E-state index contributed by atoms with van der Waals surface area (Å²) in [5.74, 6) is 1.02. The fourth-order valence-corrected chi connectivity index (χ4v) is 4.64. The zero-order chi connectivity index (χ0) is 29.1. The summed E-state index contributed by atoms with van der Waals surface area (Å²) in [5.41, 5.74) is 4.53. The Kier molecular flexibility index (Phi) is 9.37. The van der Waals surface area contributed by atoms with E-state index in [9.17, 15) is 9.59 Å². The molecule has 0 fully saturated rings. The van der Waals surface area contributed by atoms with E-state index in [1.807, 2.05) is 84.9 Å². The van der Waals surface area contributed by atoms with Gasteiger partial charge in [0.15, 0.2) is 17.3 Å². The van der Waals surface area contributed by atoms with Gasteiger partial charge in [0.25, 0.3) is 5.91 Å². The molecule has 0 aliphatic heterocycles. The molecule has 210 valence electrons. The van der Waals surface area contributed by atoms with Crippen LogP contribution in [0, 0.1) is 0 Å². The zero-order valence-corrected chi connectivity index (χ0v) is 23.5. The third kappa shape index (κ3) is 7.29. The summed E-state index contributed by atoms with van der Waals surface area (Å²) >= 11 is 0. The van der Waals surface area contributed by atoms with E-state index in [1.165, 1.54) is 0 Å². The number of ketones is 1. The minimum absolute atomic E-state index is 0.0803. The molecule has 0 saturated carbocycles. The molecule has 5 rings (SSSR count). The van der Waals surface area contributed by atoms with E-state index >= 15 is 0 Å². The Bertz CT molecular complexity index is 1610. The molecule has 4 aromatic carbocycles. The maximum atomic E-state index is 13.8. The number of nitrogens with zero attached hydrogens (tertiary/aromatic N) is 2. The Labute approximate surface area is 246 Å². The van der Waals surface area contributed by atoms with E-state index in [0.29, 0.717) is 54.3 Å². The van der Waals surface area contributed by atoms with Crippen LogP contribution in [-0.2, 0) is 19.6 Å². The van der Waals surface area contributed by atoms with Crippen LogP contribution in [-0.4, -0.2) is 35.2 Å². The fourth-order valence-electron chi connectivity index (χ4n) is 4.64. The van der Waals surface area contributed by atoms with E-state index < -0.39 is 0 Å². The second-order valence-corrected chi connectivity index (χ2v) is 9.83. The largest absolute Gasteiger partial charge is 0.493 e. The molecule has 0 unspecified atom stereocenters. The molecular weight excluding hydrogens is 524 g/mol. The highest BCUT2D eigenvalue weighted by Gasteiger charge is 2.19. The molecule has 1 amide bonds. The standard InChI is InChI=1S/C36H32N2O4/c1-41-34-24-28(15-20-33(34)42-26-27-10-4-2-5-11-27)25-38(23-21-32-14-8-9-22-37-32)36(40)31-18-16-30(17-19-31)35(39)29-12-6-3-7-13-29/h2-20,22,24H,21,23,25-26H2,1H3. The van der Waals surface area contributed by atoms with Crippen molar-refractivity contribution >= 4 is 11.7 Å². The molecule has 5 aromatic rings. The molecule has 0 atom stereocenters. The number of benzene rings is 4. The lowest BCUT2D eigenvalue weighted by Crippen LogP contribution is -2.32. The van der Waals surface area contributed by atoms with Gasteiger partial charge in [-0.05, 0) is 47.5 Å². The summed E-state index contributed by atoms with van der Waals surface area (Å²) in [5, 5.41) is 0. The molecule has 0 spiro atoms. The number of aromatic nitrogens is 1. The molecule has 6 heteroatoms. The van der Waals surface area contributed by atoms with Crippen LogP contribution < -0.4 is 9.47 Å². The van der Waals surface area contributed by atoms with Gasteiger partial charge in [0.2, 0.25) is 0 Å². The number of ether oxygens (including phenoxy) is 2. The van der Waals surface area contributed by atoms with Gasteiger partial charge in [0.1, 0.15) is 6.61 Å². The zero-order valence-electron chi connectivity index (χ0n) is 23.5. The number of hydrogen-bond donors (Lipinski definition) is 0. The number of carbonyl (C=O) groups is 2. The molecule has 42 heavy (non-hydrogen) atoms. The van der Waals surface area contributed by atoms with Crippen molar-refractivity contribution in [3.05, 3.63) is 161 Å². The van der Waals surface area contributed by atoms with E-state index in [2.05, 4.69) is 4.98 Å². The van der Waals surface area contributed by atoms with Gasteiger partial charge in [0, 0.05) is 48.1 Å². The third-order valence-corrected chi connectivity index (χ3v) is 6.92. The van der Waals surface area contributed by atoms with Crippen LogP contribution >= 0.6 is 0 Å². The van der Waals surface area contributed by atoms with Crippen LogP contribution in [0.5, 0.6) is 11.5 Å². The van der Waals surface area contributed by atoms with Gasteiger partial charge in [0.05, 0.1) is 7.11 Å². The Balaban J connectivity index is 1.34. The number of hydrogen-bond acceptors (Lipinski definition) is 5. The lowest BCUT2D eigenvalue weighted by Gasteiger charge is -2.24. The van der Waals surface area contributed by atoms with Crippen molar-refractivity contribution in [1.82, 2.24) is 9.88 Å². The first-order valence-electron chi connectivity index (χ1n) is 13.8. The number of rotatable bonds is 12. The minimum Gasteiger partial charge on any atom is -0.493 e. The van der Waals surface area contributed by atoms with E-state index in [0.717, 1.165) is 16.8 Å². The smallest absolute Gasteiger partial charge is 0.254 e. The fraction of sp³-hybridized carbons (Fsp3) is 0.139. The molecule has 0 saturated heterocycles. The highest BCUT2D eigenvalue weighted by molar-refractivity contribution is 6.09. The molecule has 0 aliphatic carbocycles. The molecule has 0 radical (unpaired) electrons. The lowest BCUT2D eigenvalue weighted by atomic mass is 10.0. The van der Waals surface area contributed by atoms with Crippen LogP contribution in [0.1, 0.15) is 43.1 Å². The minimum atomic E-state index is -0.131. The molecular formula is C36H32N2O4. The van der Waals surface area contributed by atoms with E-state index in [-0.39, 0.29) is 11.7 Å². The normalized spacial score (nSPS) is 10.6. The number of amides is 1. The monoisotopic (exact) mass is 556 g/mol. The van der Waals surface area contributed by atoms with E-state index in [1.54, 1.807) is 54.6 Å². The molecule has 6 nitrogen and oxygen atoms in total. The second kappa shape index (κ2) is 13.9. The molecule has 1 aromatic heterocycles. The van der Waals surface area contributed by atoms with Gasteiger partial charge in [-0.1, -0.05) is 84.9 Å². The number of carbonyl (C=O) groups excluding carboxylic acids is 2. The maximum Gasteiger partial charge on any atom is 0.254 e. The highest BCUT2D eigenvalue weighted by atomic mass is 16.5. The van der Waals surface area contributed by atoms with Crippen LogP contribution in [0.15, 0.2) is 128 Å². The molecule has 0 aliphatic rings. The van der Waals surface area contributed by atoms with Gasteiger partial charge in [-0.15, -0.1) is 0 Å². The van der Waals surface area contributed by atoms with Gasteiger partial charge in [-0.2, -0.15) is 0 Å². The van der Waals surface area contributed by atoms with Crippen LogP contribution in [0.4, 0.5) is 0 Å². The van der Waals surface area contributed by atoms with Crippen molar-refractivity contribution in [1.29, 1.82) is 0 Å². The first kappa shape index (κ1) is 28.3. The van der Waals surface area contributed by atoms with Crippen LogP contribution in [0.2, 0.25) is 0 Å². The van der Waals surface area contributed by atoms with Crippen molar-refractivity contribution in [2.24, 2.45) is 0 Å². The van der Waals surface area contributed by atoms with Gasteiger partial charge in [-0.25, -0.2) is 0 Å². The number of pyridine rings is 1. The summed E-state index contributed by atoms with van der Waals surface area (Å²) in [6.45, 7) is 1.26. The Morgan fingerprint density at radius 1 is 0.690 bits per heavy atom. The molecule has 0 N–H and O–H groups in total. The SMILES string of the molecule is COc1cc(CN(CCc2ccccn2)C(=O)c2ccc(C(=O)c3ccccc3)cc2)ccc1OCc1ccccc1. The predicted molar refractivity (Wildman–Crippen MR) is 163 cm³/mol. The van der Waals surface area contributed by atoms with Crippen molar-refractivity contribution < 1.29 is 19.1 Å². The average Bonchev–Trinajstić information content (AvgIpc) is 3.06. The highest BCUT2D eigenvalue weighted by Crippen LogP contribution is 2.29. The summed E-state index contributed by atoms with van der Waals surface area (Å²) in [6, 6.07) is 37.4. The van der Waals surface area contributed by atoms with E-state index in [4.69, 9.17) is 9.47 Å². The predicted octanol–water partition coefficient (Wildman–Crippen LogP) is 6.79. The van der Waals surface area contributed by atoms with Gasteiger partial charge >= 0.3 is 0 Å². The Hall–Kier alpha value is -5.23. The topological polar surface area (TPSA) is 68.7 Å². The Morgan fingerprint density at radius 3 is 2.05 bits per heavy atom. The van der Waals surface area contributed by atoms with Crippen LogP contribution in [0.3, 0.4) is 0 Å². The maximum absolute atomic E-state index is 13.8. The summed E-state index contributed by atoms with van der Waals surface area (Å²) in [4.78, 5) is 32.8. The quantitative estimate of drug-likeness (QED) is 0.158. The first-order valence-corrected chi connectivity index (χ1v) is 13.8. The molecule has 1 heterocycles. The molecule has 0 bridgehead atoms. The van der Waals surface area contributed by atoms with Crippen molar-refractivity contribution in [3.63, 3.8) is 0 Å². The van der Waals surface area contributed by atoms with Crippen molar-refractivity contribution in [2.75, 3.05) is 13.7 Å². The van der Waals surface area contributed by atoms with Crippen molar-refractivity contribution in [2.45, 2.75) is 19.6 Å². The third-order valence-electron chi connectivity index (χ3n) is 6.92. The summed E-state index contributed by atoms with van der Waals surface area (Å²) in [6.07, 6.45) is 2.36. The van der Waals surface area contributed by atoms with Crippen LogP contribution in [0.25, 0.3) is 0 Å². The first-order chi connectivity index (χ1) is 20.6. The number of methoxy groups -OCH3 is 1. The summed E-state index contributed by atoms with van der Waals surface area (Å²) < 4.78 is 11.6. The Morgan fingerprint density at radius 2 is 1.36 bits per heavy atom.